The summed E-state index contributed by atoms with van der Waals surface area (Å²) in [6, 6.07) is 10.1. The SMILES string of the molecule is CN1CCN(C(=O)c2ccc(-c3cc4c(F)ccc(F)c4c(=O)[nH]3)cc2)CC1. The number of hydrogen-bond donors (Lipinski definition) is 1. The average molecular weight is 383 g/mol. The number of piperazine rings is 1. The fourth-order valence-corrected chi connectivity index (χ4v) is 3.44. The highest BCUT2D eigenvalue weighted by molar-refractivity contribution is 5.95. The minimum atomic E-state index is -0.766. The number of amides is 1. The van der Waals surface area contributed by atoms with Gasteiger partial charge in [-0.3, -0.25) is 9.59 Å². The summed E-state index contributed by atoms with van der Waals surface area (Å²) in [7, 11) is 2.02. The second-order valence-electron chi connectivity index (χ2n) is 7.00. The molecule has 5 nitrogen and oxygen atoms in total. The Hall–Kier alpha value is -3.06. The average Bonchev–Trinajstić information content (AvgIpc) is 2.70. The van der Waals surface area contributed by atoms with Crippen molar-refractivity contribution in [2.75, 3.05) is 33.2 Å². The molecule has 0 bridgehead atoms. The van der Waals surface area contributed by atoms with Crippen LogP contribution in [0.2, 0.25) is 0 Å². The van der Waals surface area contributed by atoms with E-state index in [1.54, 1.807) is 24.3 Å². The van der Waals surface area contributed by atoms with Gasteiger partial charge in [-0.2, -0.15) is 0 Å². The third kappa shape index (κ3) is 3.29. The molecule has 1 N–H and O–H groups in total. The predicted molar refractivity (Wildman–Crippen MR) is 103 cm³/mol. The molecule has 28 heavy (non-hydrogen) atoms. The quantitative estimate of drug-likeness (QED) is 0.740. The lowest BCUT2D eigenvalue weighted by atomic mass is 10.0. The number of hydrogen-bond acceptors (Lipinski definition) is 3. The van der Waals surface area contributed by atoms with Crippen molar-refractivity contribution in [2.45, 2.75) is 0 Å². The van der Waals surface area contributed by atoms with E-state index in [-0.39, 0.29) is 16.7 Å². The van der Waals surface area contributed by atoms with Gasteiger partial charge in [-0.05, 0) is 42.9 Å². The summed E-state index contributed by atoms with van der Waals surface area (Å²) < 4.78 is 27.9. The Morgan fingerprint density at radius 2 is 1.61 bits per heavy atom. The maximum absolute atomic E-state index is 14.1. The highest BCUT2D eigenvalue weighted by Gasteiger charge is 2.20. The smallest absolute Gasteiger partial charge is 0.259 e. The molecule has 4 rings (SSSR count). The molecule has 7 heteroatoms. The Labute approximate surface area is 160 Å². The molecule has 1 aliphatic heterocycles. The fraction of sp³-hybridized carbons (Fsp3) is 0.238. The molecule has 0 saturated carbocycles. The number of halogens is 2. The molecule has 1 aromatic heterocycles. The molecule has 1 saturated heterocycles. The second-order valence-corrected chi connectivity index (χ2v) is 7.00. The van der Waals surface area contributed by atoms with Gasteiger partial charge in [0.2, 0.25) is 0 Å². The van der Waals surface area contributed by atoms with E-state index in [1.807, 2.05) is 11.9 Å². The summed E-state index contributed by atoms with van der Waals surface area (Å²) in [4.78, 5) is 31.4. The minimum Gasteiger partial charge on any atom is -0.336 e. The topological polar surface area (TPSA) is 56.4 Å². The fourth-order valence-electron chi connectivity index (χ4n) is 3.44. The largest absolute Gasteiger partial charge is 0.336 e. The molecule has 2 aromatic carbocycles. The number of nitrogens with zero attached hydrogens (tertiary/aromatic N) is 2. The first-order chi connectivity index (χ1) is 13.4. The summed E-state index contributed by atoms with van der Waals surface area (Å²) in [5.41, 5.74) is 0.828. The number of H-pyrrole nitrogens is 1. The Bertz CT molecular complexity index is 1100. The summed E-state index contributed by atoms with van der Waals surface area (Å²) in [6.07, 6.45) is 0. The van der Waals surface area contributed by atoms with Crippen LogP contribution < -0.4 is 5.56 Å². The van der Waals surface area contributed by atoms with Crippen LogP contribution in [-0.4, -0.2) is 53.9 Å². The molecule has 0 spiro atoms. The highest BCUT2D eigenvalue weighted by Crippen LogP contribution is 2.24. The van der Waals surface area contributed by atoms with Crippen LogP contribution >= 0.6 is 0 Å². The van der Waals surface area contributed by atoms with Crippen LogP contribution in [0.4, 0.5) is 8.78 Å². The normalized spacial score (nSPS) is 15.2. The van der Waals surface area contributed by atoms with E-state index in [1.165, 1.54) is 6.07 Å². The standard InChI is InChI=1S/C21H19F2N3O2/c1-25-8-10-26(11-9-25)21(28)14-4-2-13(3-5-14)18-12-15-16(22)6-7-17(23)19(15)20(27)24-18/h2-7,12H,8-11H2,1H3,(H,24,27). The van der Waals surface area contributed by atoms with Gasteiger partial charge in [-0.1, -0.05) is 12.1 Å². The number of aromatic nitrogens is 1. The number of pyridine rings is 1. The number of carbonyl (C=O) groups is 1. The van der Waals surface area contributed by atoms with Gasteiger partial charge >= 0.3 is 0 Å². The number of rotatable bonds is 2. The van der Waals surface area contributed by atoms with E-state index in [4.69, 9.17) is 0 Å². The first-order valence-electron chi connectivity index (χ1n) is 9.03. The Balaban J connectivity index is 1.65. The monoisotopic (exact) mass is 383 g/mol. The molecular weight excluding hydrogens is 364 g/mol. The second kappa shape index (κ2) is 7.16. The molecule has 0 atom stereocenters. The van der Waals surface area contributed by atoms with Crippen LogP contribution in [-0.2, 0) is 0 Å². The van der Waals surface area contributed by atoms with Crippen LogP contribution in [0, 0.1) is 11.6 Å². The lowest BCUT2D eigenvalue weighted by Crippen LogP contribution is -2.47. The van der Waals surface area contributed by atoms with Gasteiger partial charge in [-0.15, -0.1) is 0 Å². The van der Waals surface area contributed by atoms with Crippen molar-refractivity contribution < 1.29 is 13.6 Å². The molecule has 3 aromatic rings. The maximum atomic E-state index is 14.1. The van der Waals surface area contributed by atoms with E-state index >= 15 is 0 Å². The van der Waals surface area contributed by atoms with Gasteiger partial charge in [0.15, 0.2) is 0 Å². The summed E-state index contributed by atoms with van der Waals surface area (Å²) in [5, 5.41) is -0.373. The molecule has 0 radical (unpaired) electrons. The van der Waals surface area contributed by atoms with Crippen LogP contribution in [0.25, 0.3) is 22.0 Å². The van der Waals surface area contributed by atoms with E-state index in [9.17, 15) is 18.4 Å². The molecule has 1 amide bonds. The molecule has 0 aliphatic carbocycles. The summed E-state index contributed by atoms with van der Waals surface area (Å²) >= 11 is 0. The predicted octanol–water partition coefficient (Wildman–Crippen LogP) is 2.86. The van der Waals surface area contributed by atoms with Gasteiger partial charge < -0.3 is 14.8 Å². The first kappa shape index (κ1) is 18.3. The minimum absolute atomic E-state index is 0.0419. The number of fused-ring (bicyclic) bond motifs is 1. The van der Waals surface area contributed by atoms with Crippen LogP contribution in [0.15, 0.2) is 47.3 Å². The van der Waals surface area contributed by atoms with Crippen LogP contribution in [0.5, 0.6) is 0 Å². The van der Waals surface area contributed by atoms with Gasteiger partial charge in [0.25, 0.3) is 11.5 Å². The van der Waals surface area contributed by atoms with Crippen molar-refractivity contribution in [3.63, 3.8) is 0 Å². The summed E-state index contributed by atoms with van der Waals surface area (Å²) in [5.74, 6) is -1.47. The van der Waals surface area contributed by atoms with Crippen molar-refractivity contribution in [3.05, 3.63) is 70.0 Å². The molecule has 1 fully saturated rings. The lowest BCUT2D eigenvalue weighted by Gasteiger charge is -2.32. The zero-order valence-electron chi connectivity index (χ0n) is 15.3. The number of nitrogens with one attached hydrogen (secondary N) is 1. The Morgan fingerprint density at radius 3 is 2.29 bits per heavy atom. The van der Waals surface area contributed by atoms with Crippen molar-refractivity contribution in [3.8, 4) is 11.3 Å². The lowest BCUT2D eigenvalue weighted by molar-refractivity contribution is 0.0664. The van der Waals surface area contributed by atoms with Crippen molar-refractivity contribution in [1.82, 2.24) is 14.8 Å². The number of carbonyl (C=O) groups excluding carboxylic acids is 1. The number of likely N-dealkylation sites (N-methyl/N-ethyl adjacent to an activating group) is 1. The Kier molecular flexibility index (Phi) is 4.68. The van der Waals surface area contributed by atoms with Crippen molar-refractivity contribution in [1.29, 1.82) is 0 Å². The van der Waals surface area contributed by atoms with Gasteiger partial charge in [0.05, 0.1) is 5.39 Å². The number of aromatic amines is 1. The van der Waals surface area contributed by atoms with E-state index < -0.39 is 17.2 Å². The third-order valence-electron chi connectivity index (χ3n) is 5.14. The molecule has 144 valence electrons. The molecular formula is C21H19F2N3O2. The maximum Gasteiger partial charge on any atom is 0.259 e. The number of benzene rings is 2. The third-order valence-corrected chi connectivity index (χ3v) is 5.14. The van der Waals surface area contributed by atoms with E-state index in [0.717, 1.165) is 25.2 Å². The van der Waals surface area contributed by atoms with Crippen LogP contribution in [0.3, 0.4) is 0 Å². The molecule has 1 aliphatic rings. The van der Waals surface area contributed by atoms with Gasteiger partial charge in [0.1, 0.15) is 11.6 Å². The Morgan fingerprint density at radius 1 is 0.964 bits per heavy atom. The van der Waals surface area contributed by atoms with E-state index in [2.05, 4.69) is 9.88 Å². The molecule has 2 heterocycles. The summed E-state index contributed by atoms with van der Waals surface area (Å²) in [6.45, 7) is 3.04. The first-order valence-corrected chi connectivity index (χ1v) is 9.03. The van der Waals surface area contributed by atoms with E-state index in [0.29, 0.717) is 29.9 Å². The highest BCUT2D eigenvalue weighted by atomic mass is 19.1. The van der Waals surface area contributed by atoms with Gasteiger partial charge in [-0.25, -0.2) is 8.78 Å². The zero-order valence-corrected chi connectivity index (χ0v) is 15.3. The van der Waals surface area contributed by atoms with Gasteiger partial charge in [0, 0.05) is 42.8 Å². The van der Waals surface area contributed by atoms with Crippen molar-refractivity contribution >= 4 is 16.7 Å². The van der Waals surface area contributed by atoms with Crippen molar-refractivity contribution in [2.24, 2.45) is 0 Å². The zero-order chi connectivity index (χ0) is 19.8. The van der Waals surface area contributed by atoms with Crippen LogP contribution in [0.1, 0.15) is 10.4 Å². The molecule has 0 unspecified atom stereocenters.